The van der Waals surface area contributed by atoms with Crippen molar-refractivity contribution in [3.63, 3.8) is 0 Å². The van der Waals surface area contributed by atoms with E-state index in [9.17, 15) is 39.6 Å². The lowest BCUT2D eigenvalue weighted by Crippen LogP contribution is -2.63. The molecule has 212 valence electrons. The molecule has 0 aliphatic carbocycles. The number of para-hydroxylation sites is 1. The molecular formula is C29H20F6N2O3S. The molecule has 0 fully saturated rings. The van der Waals surface area contributed by atoms with Crippen molar-refractivity contribution in [2.45, 2.75) is 22.7 Å². The molecule has 0 unspecified atom stereocenters. The van der Waals surface area contributed by atoms with Crippen LogP contribution in [-0.2, 0) is 20.2 Å². The Bertz CT molecular complexity index is 1600. The van der Waals surface area contributed by atoms with Crippen molar-refractivity contribution in [1.29, 1.82) is 0 Å². The highest BCUT2D eigenvalue weighted by molar-refractivity contribution is 7.90. The number of rotatable bonds is 7. The van der Waals surface area contributed by atoms with Crippen LogP contribution in [0.3, 0.4) is 0 Å². The van der Waals surface area contributed by atoms with Gasteiger partial charge in [-0.1, -0.05) is 97.1 Å². The van der Waals surface area contributed by atoms with E-state index in [2.05, 4.69) is 4.99 Å². The summed E-state index contributed by atoms with van der Waals surface area (Å²) in [6.45, 7) is 0. The van der Waals surface area contributed by atoms with Gasteiger partial charge in [0.1, 0.15) is 0 Å². The minimum atomic E-state index is -6.34. The minimum absolute atomic E-state index is 0.0224. The van der Waals surface area contributed by atoms with E-state index in [0.717, 1.165) is 35.1 Å². The van der Waals surface area contributed by atoms with E-state index in [1.807, 2.05) is 0 Å². The summed E-state index contributed by atoms with van der Waals surface area (Å²) < 4.78 is 115. The van der Waals surface area contributed by atoms with E-state index >= 15 is 0 Å². The number of benzene rings is 4. The van der Waals surface area contributed by atoms with Gasteiger partial charge < -0.3 is 0 Å². The van der Waals surface area contributed by atoms with Crippen molar-refractivity contribution in [3.8, 4) is 0 Å². The summed E-state index contributed by atoms with van der Waals surface area (Å²) in [6.07, 6.45) is -12.7. The van der Waals surface area contributed by atoms with Gasteiger partial charge in [0, 0.05) is 16.7 Å². The first-order chi connectivity index (χ1) is 19.3. The zero-order valence-electron chi connectivity index (χ0n) is 20.8. The number of nitrogens with zero attached hydrogens (tertiary/aromatic N) is 1. The van der Waals surface area contributed by atoms with E-state index in [1.54, 1.807) is 60.7 Å². The highest BCUT2D eigenvalue weighted by Gasteiger charge is 2.77. The van der Waals surface area contributed by atoms with Crippen LogP contribution in [0.25, 0.3) is 0 Å². The SMILES string of the molecule is O=C(NS(=O)(=O)c1ccccc1)C(c1ccccc1N=C(c1ccccc1)c1ccccc1)(C(F)(F)F)C(F)(F)F. The lowest BCUT2D eigenvalue weighted by Gasteiger charge is -2.36. The maximum Gasteiger partial charge on any atom is 0.416 e. The second-order valence-corrected chi connectivity index (χ2v) is 10.4. The molecule has 4 aromatic carbocycles. The number of carbonyl (C=O) groups excluding carboxylic acids is 1. The molecule has 0 aromatic heterocycles. The lowest BCUT2D eigenvalue weighted by atomic mass is 9.77. The summed E-state index contributed by atoms with van der Waals surface area (Å²) in [5.74, 6) is -2.84. The van der Waals surface area contributed by atoms with Crippen molar-refractivity contribution >= 4 is 27.3 Å². The number of amides is 1. The van der Waals surface area contributed by atoms with Gasteiger partial charge in [-0.25, -0.2) is 18.1 Å². The van der Waals surface area contributed by atoms with Crippen LogP contribution in [0.1, 0.15) is 16.7 Å². The van der Waals surface area contributed by atoms with Crippen molar-refractivity contribution in [2.75, 3.05) is 0 Å². The molecule has 0 bridgehead atoms. The highest BCUT2D eigenvalue weighted by Crippen LogP contribution is 2.54. The van der Waals surface area contributed by atoms with E-state index in [1.165, 1.54) is 18.2 Å². The fourth-order valence-electron chi connectivity index (χ4n) is 4.20. The van der Waals surface area contributed by atoms with Crippen LogP contribution in [0.5, 0.6) is 0 Å². The molecule has 0 aliphatic rings. The molecule has 0 saturated carbocycles. The summed E-state index contributed by atoms with van der Waals surface area (Å²) in [6, 6.07) is 25.0. The maximum absolute atomic E-state index is 14.7. The Labute approximate surface area is 231 Å². The lowest BCUT2D eigenvalue weighted by molar-refractivity contribution is -0.291. The molecule has 4 rings (SSSR count). The first-order valence-corrected chi connectivity index (χ1v) is 13.3. The molecule has 4 aromatic rings. The first kappa shape index (κ1) is 29.5. The molecule has 5 nitrogen and oxygen atoms in total. The molecule has 1 amide bonds. The number of nitrogens with one attached hydrogen (secondary N) is 1. The summed E-state index contributed by atoms with van der Waals surface area (Å²) in [4.78, 5) is 16.7. The predicted octanol–water partition coefficient (Wildman–Crippen LogP) is 6.72. The topological polar surface area (TPSA) is 75.6 Å². The molecule has 0 heterocycles. The summed E-state index contributed by atoms with van der Waals surface area (Å²) in [5.41, 5.74) is -6.97. The maximum atomic E-state index is 14.7. The third kappa shape index (κ3) is 5.73. The number of aliphatic imine (C=N–C) groups is 1. The second kappa shape index (κ2) is 11.2. The Morgan fingerprint density at radius 1 is 0.610 bits per heavy atom. The second-order valence-electron chi connectivity index (χ2n) is 8.70. The third-order valence-corrected chi connectivity index (χ3v) is 7.45. The van der Waals surface area contributed by atoms with Gasteiger partial charge >= 0.3 is 12.4 Å². The van der Waals surface area contributed by atoms with Crippen LogP contribution in [0.4, 0.5) is 32.0 Å². The Kier molecular flexibility index (Phi) is 8.07. The molecule has 12 heteroatoms. The van der Waals surface area contributed by atoms with E-state index in [0.29, 0.717) is 17.2 Å². The molecule has 0 spiro atoms. The minimum Gasteiger partial charge on any atom is -0.272 e. The largest absolute Gasteiger partial charge is 0.416 e. The molecule has 0 aliphatic heterocycles. The molecule has 1 N–H and O–H groups in total. The molecule has 0 saturated heterocycles. The van der Waals surface area contributed by atoms with E-state index in [4.69, 9.17) is 0 Å². The number of hydrogen-bond donors (Lipinski definition) is 1. The average Bonchev–Trinajstić information content (AvgIpc) is 2.92. The fraction of sp³-hybridized carbons (Fsp3) is 0.103. The zero-order chi connectivity index (χ0) is 29.9. The molecule has 0 atom stereocenters. The van der Waals surface area contributed by atoms with E-state index < -0.39 is 49.8 Å². The first-order valence-electron chi connectivity index (χ1n) is 11.8. The monoisotopic (exact) mass is 590 g/mol. The summed E-state index contributed by atoms with van der Waals surface area (Å²) >= 11 is 0. The Hall–Kier alpha value is -4.45. The molecular weight excluding hydrogens is 570 g/mol. The van der Waals surface area contributed by atoms with Crippen molar-refractivity contribution in [3.05, 3.63) is 132 Å². The van der Waals surface area contributed by atoms with Crippen LogP contribution < -0.4 is 4.72 Å². The van der Waals surface area contributed by atoms with Gasteiger partial charge in [0.25, 0.3) is 21.3 Å². The van der Waals surface area contributed by atoms with Crippen LogP contribution in [0.2, 0.25) is 0 Å². The van der Waals surface area contributed by atoms with Gasteiger partial charge in [0.15, 0.2) is 0 Å². The Balaban J connectivity index is 2.00. The van der Waals surface area contributed by atoms with Crippen LogP contribution in [0.15, 0.2) is 125 Å². The number of alkyl halides is 6. The van der Waals surface area contributed by atoms with Gasteiger partial charge in [-0.2, -0.15) is 26.3 Å². The van der Waals surface area contributed by atoms with E-state index in [-0.39, 0.29) is 5.71 Å². The van der Waals surface area contributed by atoms with Crippen LogP contribution in [-0.4, -0.2) is 32.4 Å². The van der Waals surface area contributed by atoms with Gasteiger partial charge in [-0.3, -0.25) is 4.79 Å². The van der Waals surface area contributed by atoms with Crippen molar-refractivity contribution < 1.29 is 39.6 Å². The summed E-state index contributed by atoms with van der Waals surface area (Å²) in [5, 5.41) is 0. The van der Waals surface area contributed by atoms with Gasteiger partial charge in [0.2, 0.25) is 0 Å². The number of sulfonamides is 1. The standard InChI is InChI=1S/C29H20F6N2O3S/c30-28(31,32)27(29(33,34)35,26(38)37-41(39,40)22-16-8-3-9-17-22)23-18-10-11-19-24(23)36-25(20-12-4-1-5-13-20)21-14-6-2-7-15-21/h1-19H,(H,37,38). The zero-order valence-corrected chi connectivity index (χ0v) is 21.6. The number of halogens is 6. The average molecular weight is 591 g/mol. The third-order valence-electron chi connectivity index (χ3n) is 6.11. The van der Waals surface area contributed by atoms with Crippen molar-refractivity contribution in [1.82, 2.24) is 4.72 Å². The van der Waals surface area contributed by atoms with Crippen molar-refractivity contribution in [2.24, 2.45) is 4.99 Å². The predicted molar refractivity (Wildman–Crippen MR) is 140 cm³/mol. The van der Waals surface area contributed by atoms with Crippen LogP contribution >= 0.6 is 0 Å². The van der Waals surface area contributed by atoms with Gasteiger partial charge in [0.05, 0.1) is 16.3 Å². The van der Waals surface area contributed by atoms with Gasteiger partial charge in [-0.05, 0) is 18.2 Å². The normalized spacial score (nSPS) is 12.4. The van der Waals surface area contributed by atoms with Crippen LogP contribution in [0, 0.1) is 0 Å². The van der Waals surface area contributed by atoms with Gasteiger partial charge in [-0.15, -0.1) is 0 Å². The summed E-state index contributed by atoms with van der Waals surface area (Å²) in [7, 11) is -5.13. The molecule has 0 radical (unpaired) electrons. The number of hydrogen-bond acceptors (Lipinski definition) is 4. The Morgan fingerprint density at radius 2 is 1.02 bits per heavy atom. The smallest absolute Gasteiger partial charge is 0.272 e. The quantitative estimate of drug-likeness (QED) is 0.192. The fourth-order valence-corrected chi connectivity index (χ4v) is 5.23. The highest BCUT2D eigenvalue weighted by atomic mass is 32.2. The molecule has 41 heavy (non-hydrogen) atoms. The number of carbonyl (C=O) groups is 1. The Morgan fingerprint density at radius 3 is 1.49 bits per heavy atom.